The summed E-state index contributed by atoms with van der Waals surface area (Å²) in [4.78, 5) is 1.26. The maximum atomic E-state index is 5.07. The molecule has 0 bridgehead atoms. The summed E-state index contributed by atoms with van der Waals surface area (Å²) in [6.07, 6.45) is -0.183. The molecule has 86 valence electrons. The Labute approximate surface area is 110 Å². The average molecular weight is 359 g/mol. The summed E-state index contributed by atoms with van der Waals surface area (Å²) >= 11 is 8.62. The van der Waals surface area contributed by atoms with Crippen molar-refractivity contribution in [2.24, 2.45) is 0 Å². The molecule has 6 heteroatoms. The Bertz CT molecular complexity index is 283. The van der Waals surface area contributed by atoms with Gasteiger partial charge in [0, 0.05) is 36.7 Å². The van der Waals surface area contributed by atoms with Gasteiger partial charge in [0.25, 0.3) is 0 Å². The van der Waals surface area contributed by atoms with Gasteiger partial charge in [0.15, 0.2) is 6.29 Å². The quantitative estimate of drug-likeness (QED) is 0.793. The summed E-state index contributed by atoms with van der Waals surface area (Å²) in [6.45, 7) is 1.50. The molecule has 0 unspecified atom stereocenters. The van der Waals surface area contributed by atoms with E-state index in [0.717, 1.165) is 14.8 Å². The Balaban J connectivity index is 2.31. The highest BCUT2D eigenvalue weighted by atomic mass is 79.9. The lowest BCUT2D eigenvalue weighted by Gasteiger charge is -2.13. The van der Waals surface area contributed by atoms with Crippen LogP contribution in [-0.2, 0) is 16.0 Å². The maximum Gasteiger partial charge on any atom is 0.169 e. The topological polar surface area (TPSA) is 30.5 Å². The van der Waals surface area contributed by atoms with E-state index in [1.807, 2.05) is 0 Å². The van der Waals surface area contributed by atoms with Gasteiger partial charge >= 0.3 is 0 Å². The van der Waals surface area contributed by atoms with Crippen molar-refractivity contribution in [2.45, 2.75) is 12.8 Å². The van der Waals surface area contributed by atoms with Crippen LogP contribution in [0.4, 0.5) is 0 Å². The number of methoxy groups -OCH3 is 2. The maximum absolute atomic E-state index is 5.07. The van der Waals surface area contributed by atoms with Gasteiger partial charge < -0.3 is 14.8 Å². The minimum atomic E-state index is -0.183. The first kappa shape index (κ1) is 13.6. The molecule has 0 aliphatic rings. The first-order valence-electron chi connectivity index (χ1n) is 4.37. The van der Waals surface area contributed by atoms with Gasteiger partial charge in [-0.2, -0.15) is 0 Å². The molecule has 0 radical (unpaired) electrons. The third kappa shape index (κ3) is 4.50. The van der Waals surface area contributed by atoms with Crippen molar-refractivity contribution < 1.29 is 9.47 Å². The van der Waals surface area contributed by atoms with Crippen LogP contribution in [0.1, 0.15) is 4.88 Å². The molecular formula is C9H13Br2NO2S. The van der Waals surface area contributed by atoms with Gasteiger partial charge in [-0.05, 0) is 37.9 Å². The lowest BCUT2D eigenvalue weighted by molar-refractivity contribution is -0.0988. The molecule has 3 nitrogen and oxygen atoms in total. The van der Waals surface area contributed by atoms with Crippen molar-refractivity contribution in [1.82, 2.24) is 5.32 Å². The third-order valence-corrected chi connectivity index (χ3v) is 5.09. The van der Waals surface area contributed by atoms with Crippen molar-refractivity contribution in [3.05, 3.63) is 19.2 Å². The number of rotatable bonds is 6. The molecule has 0 atom stereocenters. The predicted octanol–water partition coefficient (Wildman–Crippen LogP) is 2.98. The molecule has 0 aromatic carbocycles. The van der Waals surface area contributed by atoms with Crippen LogP contribution >= 0.6 is 43.2 Å². The van der Waals surface area contributed by atoms with E-state index in [1.54, 1.807) is 25.6 Å². The standard InChI is InChI=1S/C9H13Br2NO2S/c1-13-8(14-2)5-12-4-6-3-7(10)9(11)15-6/h3,8,12H,4-5H2,1-2H3. The molecule has 15 heavy (non-hydrogen) atoms. The summed E-state index contributed by atoms with van der Waals surface area (Å²) in [5.74, 6) is 0. The van der Waals surface area contributed by atoms with Crippen LogP contribution in [0.5, 0.6) is 0 Å². The van der Waals surface area contributed by atoms with Gasteiger partial charge in [0.05, 0.1) is 3.79 Å². The van der Waals surface area contributed by atoms with Gasteiger partial charge in [-0.3, -0.25) is 0 Å². The fourth-order valence-corrected chi connectivity index (χ4v) is 3.20. The fraction of sp³-hybridized carbons (Fsp3) is 0.556. The van der Waals surface area contributed by atoms with Crippen LogP contribution in [0.3, 0.4) is 0 Å². The predicted molar refractivity (Wildman–Crippen MR) is 69.2 cm³/mol. The Morgan fingerprint density at radius 2 is 2.07 bits per heavy atom. The third-order valence-electron chi connectivity index (χ3n) is 1.83. The van der Waals surface area contributed by atoms with Crippen molar-refractivity contribution in [1.29, 1.82) is 0 Å². The van der Waals surface area contributed by atoms with Crippen LogP contribution in [0.25, 0.3) is 0 Å². The smallest absolute Gasteiger partial charge is 0.169 e. The molecule has 1 aromatic heterocycles. The lowest BCUT2D eigenvalue weighted by atomic mass is 10.4. The summed E-state index contributed by atoms with van der Waals surface area (Å²) in [7, 11) is 3.27. The number of ether oxygens (including phenoxy) is 2. The second kappa shape index (κ2) is 6.98. The molecule has 0 aliphatic heterocycles. The summed E-state index contributed by atoms with van der Waals surface area (Å²) < 4.78 is 12.3. The number of hydrogen-bond acceptors (Lipinski definition) is 4. The SMILES string of the molecule is COC(CNCc1cc(Br)c(Br)s1)OC. The van der Waals surface area contributed by atoms with Crippen LogP contribution in [0.2, 0.25) is 0 Å². The van der Waals surface area contributed by atoms with E-state index >= 15 is 0 Å². The van der Waals surface area contributed by atoms with Crippen molar-refractivity contribution >= 4 is 43.2 Å². The summed E-state index contributed by atoms with van der Waals surface area (Å²) in [6, 6.07) is 2.09. The van der Waals surface area contributed by atoms with Gasteiger partial charge in [0.1, 0.15) is 0 Å². The minimum absolute atomic E-state index is 0.183. The second-order valence-corrected chi connectivity index (χ2v) is 6.18. The molecule has 0 fully saturated rings. The highest BCUT2D eigenvalue weighted by Gasteiger charge is 2.06. The van der Waals surface area contributed by atoms with Crippen LogP contribution in [0, 0.1) is 0 Å². The molecule has 1 aromatic rings. The van der Waals surface area contributed by atoms with Gasteiger partial charge in [0.2, 0.25) is 0 Å². The lowest BCUT2D eigenvalue weighted by Crippen LogP contribution is -2.29. The Hall–Kier alpha value is 0.540. The Morgan fingerprint density at radius 3 is 2.53 bits per heavy atom. The zero-order chi connectivity index (χ0) is 11.3. The number of hydrogen-bond donors (Lipinski definition) is 1. The van der Waals surface area contributed by atoms with Crippen molar-refractivity contribution in [3.63, 3.8) is 0 Å². The fourth-order valence-electron chi connectivity index (χ4n) is 1.05. The summed E-state index contributed by atoms with van der Waals surface area (Å²) in [5.41, 5.74) is 0. The van der Waals surface area contributed by atoms with E-state index < -0.39 is 0 Å². The average Bonchev–Trinajstić information content (AvgIpc) is 2.53. The largest absolute Gasteiger partial charge is 0.355 e. The first-order chi connectivity index (χ1) is 7.17. The minimum Gasteiger partial charge on any atom is -0.355 e. The van der Waals surface area contributed by atoms with Gasteiger partial charge in [-0.25, -0.2) is 0 Å². The van der Waals surface area contributed by atoms with E-state index in [4.69, 9.17) is 9.47 Å². The monoisotopic (exact) mass is 357 g/mol. The van der Waals surface area contributed by atoms with Crippen LogP contribution < -0.4 is 5.32 Å². The van der Waals surface area contributed by atoms with Crippen molar-refractivity contribution in [2.75, 3.05) is 20.8 Å². The Morgan fingerprint density at radius 1 is 1.40 bits per heavy atom. The highest BCUT2D eigenvalue weighted by Crippen LogP contribution is 2.32. The molecule has 0 spiro atoms. The number of thiophene rings is 1. The molecule has 1 rings (SSSR count). The van der Waals surface area contributed by atoms with E-state index in [0.29, 0.717) is 6.54 Å². The number of nitrogens with one attached hydrogen (secondary N) is 1. The van der Waals surface area contributed by atoms with E-state index in [-0.39, 0.29) is 6.29 Å². The zero-order valence-corrected chi connectivity index (χ0v) is 12.5. The Kier molecular flexibility index (Phi) is 6.33. The van der Waals surface area contributed by atoms with Gasteiger partial charge in [-0.15, -0.1) is 11.3 Å². The van der Waals surface area contributed by atoms with Crippen molar-refractivity contribution in [3.8, 4) is 0 Å². The molecule has 0 saturated carbocycles. The molecule has 1 heterocycles. The van der Waals surface area contributed by atoms with Crippen LogP contribution in [0.15, 0.2) is 14.3 Å². The first-order valence-corrected chi connectivity index (χ1v) is 6.77. The van der Waals surface area contributed by atoms with Crippen LogP contribution in [-0.4, -0.2) is 27.1 Å². The molecule has 0 aliphatic carbocycles. The second-order valence-electron chi connectivity index (χ2n) is 2.87. The van der Waals surface area contributed by atoms with E-state index in [2.05, 4.69) is 43.2 Å². The highest BCUT2D eigenvalue weighted by molar-refractivity contribution is 9.13. The number of halogens is 2. The summed E-state index contributed by atoms with van der Waals surface area (Å²) in [5, 5.41) is 3.26. The molecule has 0 amide bonds. The molecular weight excluding hydrogens is 346 g/mol. The van der Waals surface area contributed by atoms with E-state index in [9.17, 15) is 0 Å². The zero-order valence-electron chi connectivity index (χ0n) is 8.55. The molecule has 1 N–H and O–H groups in total. The normalized spacial score (nSPS) is 11.3. The van der Waals surface area contributed by atoms with E-state index in [1.165, 1.54) is 4.88 Å². The van der Waals surface area contributed by atoms with Gasteiger partial charge in [-0.1, -0.05) is 0 Å². The molecule has 0 saturated heterocycles.